The minimum Gasteiger partial charge on any atom is -0.504 e. The standard InChI is InChI=1S/C33H37ClN2O7/c1-33(2,3)43-32(39)35-25(13-19-9-7-6-8-10-19)31(38)42-30-23-18-36-12-11-20-14-28(40-4)27(37)16-21(20)26(36)15-22(23)24(34)17-29(30)41-5/h6-10,14,16-17,25-26,37H,11-13,15,18H2,1-5H3,(H,35,39)/t25-,26?/m0/s1. The Labute approximate surface area is 256 Å². The highest BCUT2D eigenvalue weighted by molar-refractivity contribution is 6.31. The number of methoxy groups -OCH3 is 2. The van der Waals surface area contributed by atoms with Crippen molar-refractivity contribution in [2.24, 2.45) is 0 Å². The number of phenols is 1. The smallest absolute Gasteiger partial charge is 0.408 e. The lowest BCUT2D eigenvalue weighted by atomic mass is 9.83. The van der Waals surface area contributed by atoms with Crippen molar-refractivity contribution in [2.45, 2.75) is 64.3 Å². The molecule has 228 valence electrons. The van der Waals surface area contributed by atoms with Crippen LogP contribution in [0.15, 0.2) is 48.5 Å². The zero-order valence-electron chi connectivity index (χ0n) is 25.0. The normalized spacial score (nSPS) is 16.7. The molecule has 2 heterocycles. The number of fused-ring (bicyclic) bond motifs is 4. The highest BCUT2D eigenvalue weighted by Crippen LogP contribution is 2.48. The topological polar surface area (TPSA) is 107 Å². The van der Waals surface area contributed by atoms with Crippen molar-refractivity contribution in [1.29, 1.82) is 0 Å². The number of carbonyl (C=O) groups excluding carboxylic acids is 2. The number of nitrogens with one attached hydrogen (secondary N) is 1. The van der Waals surface area contributed by atoms with Gasteiger partial charge in [0.2, 0.25) is 0 Å². The third kappa shape index (κ3) is 6.68. The van der Waals surface area contributed by atoms with Gasteiger partial charge in [0.25, 0.3) is 0 Å². The second-order valence-corrected chi connectivity index (χ2v) is 12.2. The summed E-state index contributed by atoms with van der Waals surface area (Å²) in [4.78, 5) is 28.8. The number of ether oxygens (including phenoxy) is 4. The van der Waals surface area contributed by atoms with E-state index in [1.54, 1.807) is 32.9 Å². The van der Waals surface area contributed by atoms with Crippen molar-refractivity contribution in [3.05, 3.63) is 81.4 Å². The van der Waals surface area contributed by atoms with Crippen LogP contribution >= 0.6 is 11.6 Å². The van der Waals surface area contributed by atoms with Gasteiger partial charge in [0.15, 0.2) is 23.0 Å². The van der Waals surface area contributed by atoms with Crippen LogP contribution < -0.4 is 19.5 Å². The van der Waals surface area contributed by atoms with E-state index in [9.17, 15) is 14.7 Å². The van der Waals surface area contributed by atoms with E-state index in [-0.39, 0.29) is 24.0 Å². The Bertz CT molecular complexity index is 1520. The molecule has 9 nitrogen and oxygen atoms in total. The zero-order chi connectivity index (χ0) is 30.9. The maximum absolute atomic E-state index is 13.8. The van der Waals surface area contributed by atoms with Gasteiger partial charge in [-0.15, -0.1) is 0 Å². The van der Waals surface area contributed by atoms with E-state index in [1.807, 2.05) is 36.4 Å². The summed E-state index contributed by atoms with van der Waals surface area (Å²) >= 11 is 6.79. The molecule has 0 saturated heterocycles. The van der Waals surface area contributed by atoms with Gasteiger partial charge in [0, 0.05) is 42.2 Å². The molecule has 3 aromatic rings. The number of phenolic OH excluding ortho intramolecular Hbond substituents is 1. The summed E-state index contributed by atoms with van der Waals surface area (Å²) in [7, 11) is 3.03. The number of benzene rings is 3. The van der Waals surface area contributed by atoms with Gasteiger partial charge in [-0.2, -0.15) is 0 Å². The molecule has 3 aromatic carbocycles. The number of hydrogen-bond donors (Lipinski definition) is 2. The Morgan fingerprint density at radius 1 is 1.07 bits per heavy atom. The van der Waals surface area contributed by atoms with E-state index in [2.05, 4.69) is 10.2 Å². The van der Waals surface area contributed by atoms with E-state index in [0.717, 1.165) is 40.8 Å². The number of amides is 1. The molecular weight excluding hydrogens is 572 g/mol. The van der Waals surface area contributed by atoms with Gasteiger partial charge in [0.1, 0.15) is 11.6 Å². The number of halogens is 1. The first-order valence-electron chi connectivity index (χ1n) is 14.2. The van der Waals surface area contributed by atoms with Crippen LogP contribution in [0.2, 0.25) is 5.02 Å². The second-order valence-electron chi connectivity index (χ2n) is 11.8. The van der Waals surface area contributed by atoms with Gasteiger partial charge in [-0.3, -0.25) is 4.90 Å². The van der Waals surface area contributed by atoms with Gasteiger partial charge < -0.3 is 29.4 Å². The van der Waals surface area contributed by atoms with E-state index in [1.165, 1.54) is 14.2 Å². The van der Waals surface area contributed by atoms with Crippen LogP contribution in [-0.4, -0.2) is 54.5 Å². The number of carbonyl (C=O) groups is 2. The van der Waals surface area contributed by atoms with Crippen molar-refractivity contribution < 1.29 is 33.6 Å². The predicted octanol–water partition coefficient (Wildman–Crippen LogP) is 5.76. The maximum Gasteiger partial charge on any atom is 0.408 e. The van der Waals surface area contributed by atoms with Crippen LogP contribution in [0.25, 0.3) is 0 Å². The van der Waals surface area contributed by atoms with Gasteiger partial charge in [-0.25, -0.2) is 9.59 Å². The molecule has 1 unspecified atom stereocenters. The molecule has 2 aliphatic heterocycles. The lowest BCUT2D eigenvalue weighted by Crippen LogP contribution is -2.46. The van der Waals surface area contributed by atoms with E-state index >= 15 is 0 Å². The number of hydrogen-bond acceptors (Lipinski definition) is 8. The summed E-state index contributed by atoms with van der Waals surface area (Å²) in [6.45, 7) is 6.48. The molecule has 5 rings (SSSR count). The third-order valence-corrected chi connectivity index (χ3v) is 8.09. The zero-order valence-corrected chi connectivity index (χ0v) is 25.8. The van der Waals surface area contributed by atoms with Crippen molar-refractivity contribution >= 4 is 23.7 Å². The first-order chi connectivity index (χ1) is 20.5. The minimum absolute atomic E-state index is 0.0258. The Hall–Kier alpha value is -3.95. The van der Waals surface area contributed by atoms with Gasteiger partial charge in [-0.1, -0.05) is 41.9 Å². The van der Waals surface area contributed by atoms with Crippen LogP contribution in [-0.2, 0) is 35.3 Å². The first kappa shape index (κ1) is 30.5. The highest BCUT2D eigenvalue weighted by atomic mass is 35.5. The molecule has 2 N–H and O–H groups in total. The Kier molecular flexibility index (Phi) is 8.76. The molecule has 0 spiro atoms. The van der Waals surface area contributed by atoms with E-state index in [0.29, 0.717) is 29.5 Å². The monoisotopic (exact) mass is 608 g/mol. The van der Waals surface area contributed by atoms with Crippen molar-refractivity contribution in [1.82, 2.24) is 10.2 Å². The molecule has 0 saturated carbocycles. The number of aromatic hydroxyl groups is 1. The van der Waals surface area contributed by atoms with E-state index in [4.69, 9.17) is 30.5 Å². The number of alkyl carbamates (subject to hydrolysis) is 1. The predicted molar refractivity (Wildman–Crippen MR) is 162 cm³/mol. The SMILES string of the molecule is COc1cc2c(cc1O)C1Cc3c(Cl)cc(OC)c(OC(=O)[C@H](Cc4ccccc4)NC(=O)OC(C)(C)C)c3CN1CC2. The van der Waals surface area contributed by atoms with E-state index < -0.39 is 23.7 Å². The Balaban J connectivity index is 1.47. The molecule has 10 heteroatoms. The van der Waals surface area contributed by atoms with Crippen LogP contribution in [0.5, 0.6) is 23.0 Å². The highest BCUT2D eigenvalue weighted by Gasteiger charge is 2.37. The lowest BCUT2D eigenvalue weighted by Gasteiger charge is -2.42. The van der Waals surface area contributed by atoms with Crippen LogP contribution in [0.4, 0.5) is 4.79 Å². The molecule has 2 aliphatic rings. The van der Waals surface area contributed by atoms with Gasteiger partial charge in [-0.05, 0) is 68.0 Å². The molecule has 0 aromatic heterocycles. The summed E-state index contributed by atoms with van der Waals surface area (Å²) in [6.07, 6.45) is 0.800. The quantitative estimate of drug-likeness (QED) is 0.258. The van der Waals surface area contributed by atoms with Crippen LogP contribution in [0, 0.1) is 0 Å². The summed E-state index contributed by atoms with van der Waals surface area (Å²) in [5.74, 6) is 0.487. The second kappa shape index (κ2) is 12.3. The fourth-order valence-electron chi connectivity index (χ4n) is 5.77. The summed E-state index contributed by atoms with van der Waals surface area (Å²) in [5, 5.41) is 13.7. The number of esters is 1. The third-order valence-electron chi connectivity index (χ3n) is 7.76. The summed E-state index contributed by atoms with van der Waals surface area (Å²) < 4.78 is 22.5. The van der Waals surface area contributed by atoms with Crippen LogP contribution in [0.3, 0.4) is 0 Å². The molecular formula is C33H37ClN2O7. The summed E-state index contributed by atoms with van der Waals surface area (Å²) in [6, 6.07) is 13.6. The average Bonchev–Trinajstić information content (AvgIpc) is 2.96. The summed E-state index contributed by atoms with van der Waals surface area (Å²) in [5.41, 5.74) is 3.84. The van der Waals surface area contributed by atoms with Crippen molar-refractivity contribution in [3.8, 4) is 23.0 Å². The molecule has 0 fully saturated rings. The molecule has 2 atom stereocenters. The first-order valence-corrected chi connectivity index (χ1v) is 14.6. The van der Waals surface area contributed by atoms with Gasteiger partial charge in [0.05, 0.1) is 14.2 Å². The fourth-order valence-corrected chi connectivity index (χ4v) is 6.06. The number of nitrogens with zero attached hydrogens (tertiary/aromatic N) is 1. The Morgan fingerprint density at radius 3 is 2.47 bits per heavy atom. The minimum atomic E-state index is -1.02. The molecule has 43 heavy (non-hydrogen) atoms. The fraction of sp³-hybridized carbons (Fsp3) is 0.394. The number of rotatable bonds is 7. The largest absolute Gasteiger partial charge is 0.504 e. The van der Waals surface area contributed by atoms with Crippen molar-refractivity contribution in [3.63, 3.8) is 0 Å². The molecule has 0 bridgehead atoms. The van der Waals surface area contributed by atoms with Crippen LogP contribution in [0.1, 0.15) is 54.6 Å². The maximum atomic E-state index is 13.8. The lowest BCUT2D eigenvalue weighted by molar-refractivity contribution is -0.137. The van der Waals surface area contributed by atoms with Crippen molar-refractivity contribution in [2.75, 3.05) is 20.8 Å². The van der Waals surface area contributed by atoms with Gasteiger partial charge >= 0.3 is 12.1 Å². The average molecular weight is 609 g/mol. The Morgan fingerprint density at radius 2 is 1.79 bits per heavy atom. The molecule has 1 amide bonds. The molecule has 0 aliphatic carbocycles. The molecule has 0 radical (unpaired) electrons.